The van der Waals surface area contributed by atoms with Crippen LogP contribution in [0.3, 0.4) is 0 Å². The average Bonchev–Trinajstić information content (AvgIpc) is 3.31. The van der Waals surface area contributed by atoms with Crippen molar-refractivity contribution < 1.29 is 9.53 Å². The minimum atomic E-state index is -0.0934. The molecular formula is C21H25N3O2S2. The number of amides is 1. The molecular weight excluding hydrogens is 390 g/mol. The number of thioether (sulfide) groups is 1. The van der Waals surface area contributed by atoms with Gasteiger partial charge in [0.05, 0.1) is 17.2 Å². The molecule has 5 nitrogen and oxygen atoms in total. The van der Waals surface area contributed by atoms with Crippen LogP contribution in [-0.4, -0.2) is 46.4 Å². The van der Waals surface area contributed by atoms with Crippen molar-refractivity contribution in [3.63, 3.8) is 0 Å². The highest BCUT2D eigenvalue weighted by molar-refractivity contribution is 8.27. The number of ether oxygens (including phenoxy) is 1. The zero-order valence-electron chi connectivity index (χ0n) is 16.2. The number of hydrogen-bond donors (Lipinski definition) is 1. The molecule has 1 aromatic carbocycles. The van der Waals surface area contributed by atoms with Crippen LogP contribution in [0.2, 0.25) is 0 Å². The molecule has 0 radical (unpaired) electrons. The molecule has 0 spiro atoms. The molecule has 7 heteroatoms. The highest BCUT2D eigenvalue weighted by Crippen LogP contribution is 2.36. The molecule has 0 saturated carbocycles. The monoisotopic (exact) mass is 415 g/mol. The summed E-state index contributed by atoms with van der Waals surface area (Å²) in [6.45, 7) is 8.18. The Labute approximate surface area is 175 Å². The van der Waals surface area contributed by atoms with Gasteiger partial charge in [-0.15, -0.1) is 0 Å². The van der Waals surface area contributed by atoms with E-state index >= 15 is 0 Å². The SMILES string of the molecule is CCN(CC)CCCOc1ccc(N2C(=O)C(=Cc3cc[nH]c3)SC2=S)cc1. The van der Waals surface area contributed by atoms with Crippen LogP contribution in [0, 0.1) is 0 Å². The van der Waals surface area contributed by atoms with Crippen molar-refractivity contribution in [1.29, 1.82) is 0 Å². The van der Waals surface area contributed by atoms with Gasteiger partial charge in [0.1, 0.15) is 5.75 Å². The molecule has 0 aliphatic carbocycles. The van der Waals surface area contributed by atoms with Gasteiger partial charge in [-0.25, -0.2) is 0 Å². The molecule has 1 fully saturated rings. The van der Waals surface area contributed by atoms with Gasteiger partial charge in [0.2, 0.25) is 0 Å². The third-order valence-electron chi connectivity index (χ3n) is 4.59. The lowest BCUT2D eigenvalue weighted by Gasteiger charge is -2.18. The van der Waals surface area contributed by atoms with Gasteiger partial charge in [0.25, 0.3) is 5.91 Å². The summed E-state index contributed by atoms with van der Waals surface area (Å²) >= 11 is 6.74. The molecule has 0 atom stereocenters. The Balaban J connectivity index is 1.58. The van der Waals surface area contributed by atoms with Crippen LogP contribution in [0.1, 0.15) is 25.8 Å². The Morgan fingerprint density at radius 3 is 2.61 bits per heavy atom. The first-order chi connectivity index (χ1) is 13.6. The van der Waals surface area contributed by atoms with Crippen LogP contribution in [0.15, 0.2) is 47.6 Å². The zero-order valence-corrected chi connectivity index (χ0v) is 17.8. The number of nitrogens with zero attached hydrogens (tertiary/aromatic N) is 2. The Morgan fingerprint density at radius 1 is 1.21 bits per heavy atom. The number of thiocarbonyl (C=S) groups is 1. The van der Waals surface area contributed by atoms with Gasteiger partial charge in [0, 0.05) is 18.9 Å². The molecule has 1 aromatic heterocycles. The topological polar surface area (TPSA) is 48.6 Å². The first kappa shape index (κ1) is 20.6. The summed E-state index contributed by atoms with van der Waals surface area (Å²) in [6, 6.07) is 9.45. The number of aromatic amines is 1. The maximum absolute atomic E-state index is 12.8. The van der Waals surface area contributed by atoms with Crippen LogP contribution in [-0.2, 0) is 4.79 Å². The Hall–Kier alpha value is -2.09. The number of carbonyl (C=O) groups is 1. The van der Waals surface area contributed by atoms with Crippen molar-refractivity contribution in [2.45, 2.75) is 20.3 Å². The molecule has 3 rings (SSSR count). The number of benzene rings is 1. The molecule has 1 aliphatic heterocycles. The lowest BCUT2D eigenvalue weighted by molar-refractivity contribution is -0.113. The normalized spacial score (nSPS) is 15.8. The predicted octanol–water partition coefficient (Wildman–Crippen LogP) is 4.53. The first-order valence-electron chi connectivity index (χ1n) is 9.48. The molecule has 0 unspecified atom stereocenters. The van der Waals surface area contributed by atoms with E-state index in [0.717, 1.165) is 43.1 Å². The van der Waals surface area contributed by atoms with Crippen LogP contribution < -0.4 is 9.64 Å². The number of hydrogen-bond acceptors (Lipinski definition) is 5. The highest BCUT2D eigenvalue weighted by Gasteiger charge is 2.33. The van der Waals surface area contributed by atoms with E-state index in [4.69, 9.17) is 17.0 Å². The van der Waals surface area contributed by atoms with E-state index in [1.54, 1.807) is 4.90 Å². The van der Waals surface area contributed by atoms with E-state index in [0.29, 0.717) is 15.8 Å². The Morgan fingerprint density at radius 2 is 1.96 bits per heavy atom. The van der Waals surface area contributed by atoms with Gasteiger partial charge in [-0.2, -0.15) is 0 Å². The van der Waals surface area contributed by atoms with Gasteiger partial charge in [-0.3, -0.25) is 9.69 Å². The van der Waals surface area contributed by atoms with Crippen molar-refractivity contribution in [2.24, 2.45) is 0 Å². The quantitative estimate of drug-likeness (QED) is 0.370. The third kappa shape index (κ3) is 5.04. The van der Waals surface area contributed by atoms with E-state index in [9.17, 15) is 4.79 Å². The molecule has 1 saturated heterocycles. The summed E-state index contributed by atoms with van der Waals surface area (Å²) in [4.78, 5) is 20.3. The maximum Gasteiger partial charge on any atom is 0.270 e. The summed E-state index contributed by atoms with van der Waals surface area (Å²) in [5, 5.41) is 0. The number of nitrogens with one attached hydrogen (secondary N) is 1. The number of anilines is 1. The number of rotatable bonds is 9. The number of aromatic nitrogens is 1. The van der Waals surface area contributed by atoms with Gasteiger partial charge in [0.15, 0.2) is 4.32 Å². The second kappa shape index (κ2) is 9.91. The first-order valence-corrected chi connectivity index (χ1v) is 10.7. The average molecular weight is 416 g/mol. The minimum Gasteiger partial charge on any atom is -0.494 e. The van der Waals surface area contributed by atoms with Crippen molar-refractivity contribution in [1.82, 2.24) is 9.88 Å². The van der Waals surface area contributed by atoms with E-state index < -0.39 is 0 Å². The molecule has 28 heavy (non-hydrogen) atoms. The van der Waals surface area contributed by atoms with E-state index in [1.807, 2.05) is 48.8 Å². The second-order valence-corrected chi connectivity index (χ2v) is 8.06. The molecule has 148 valence electrons. The van der Waals surface area contributed by atoms with Crippen molar-refractivity contribution in [3.8, 4) is 5.75 Å². The fourth-order valence-corrected chi connectivity index (χ4v) is 4.28. The summed E-state index contributed by atoms with van der Waals surface area (Å²) in [7, 11) is 0. The fraction of sp³-hybridized carbons (Fsp3) is 0.333. The second-order valence-electron chi connectivity index (χ2n) is 6.38. The molecule has 1 amide bonds. The van der Waals surface area contributed by atoms with E-state index in [-0.39, 0.29) is 5.91 Å². The summed E-state index contributed by atoms with van der Waals surface area (Å²) in [5.74, 6) is 0.709. The summed E-state index contributed by atoms with van der Waals surface area (Å²) in [5.41, 5.74) is 1.71. The van der Waals surface area contributed by atoms with Crippen LogP contribution in [0.4, 0.5) is 5.69 Å². The number of carbonyl (C=O) groups excluding carboxylic acids is 1. The van der Waals surface area contributed by atoms with Gasteiger partial charge in [-0.1, -0.05) is 37.8 Å². The molecule has 1 N–H and O–H groups in total. The van der Waals surface area contributed by atoms with Crippen molar-refractivity contribution in [2.75, 3.05) is 31.1 Å². The molecule has 1 aliphatic rings. The lowest BCUT2D eigenvalue weighted by atomic mass is 10.2. The van der Waals surface area contributed by atoms with Crippen LogP contribution in [0.5, 0.6) is 5.75 Å². The van der Waals surface area contributed by atoms with Crippen molar-refractivity contribution in [3.05, 3.63) is 53.2 Å². The zero-order chi connectivity index (χ0) is 19.9. The fourth-order valence-electron chi connectivity index (χ4n) is 2.98. The smallest absolute Gasteiger partial charge is 0.270 e. The van der Waals surface area contributed by atoms with Gasteiger partial charge in [-0.05, 0) is 61.5 Å². The van der Waals surface area contributed by atoms with E-state index in [2.05, 4.69) is 23.7 Å². The Bertz CT molecular complexity index is 828. The Kier molecular flexibility index (Phi) is 7.30. The van der Waals surface area contributed by atoms with E-state index in [1.165, 1.54) is 11.8 Å². The number of H-pyrrole nitrogens is 1. The summed E-state index contributed by atoms with van der Waals surface area (Å²) in [6.07, 6.45) is 6.51. The van der Waals surface area contributed by atoms with Crippen LogP contribution in [0.25, 0.3) is 6.08 Å². The van der Waals surface area contributed by atoms with Crippen molar-refractivity contribution >= 4 is 46.0 Å². The standard InChI is InChI=1S/C21H25N3O2S2/c1-3-23(4-2)12-5-13-26-18-8-6-17(7-9-18)24-20(25)19(28-21(24)27)14-16-10-11-22-15-16/h6-11,14-15,22H,3-5,12-13H2,1-2H3. The largest absolute Gasteiger partial charge is 0.494 e. The molecule has 2 aromatic rings. The van der Waals surface area contributed by atoms with Gasteiger partial charge < -0.3 is 14.6 Å². The predicted molar refractivity (Wildman–Crippen MR) is 121 cm³/mol. The minimum absolute atomic E-state index is 0.0934. The van der Waals surface area contributed by atoms with Crippen LogP contribution >= 0.6 is 24.0 Å². The summed E-state index contributed by atoms with van der Waals surface area (Å²) < 4.78 is 6.37. The highest BCUT2D eigenvalue weighted by atomic mass is 32.2. The lowest BCUT2D eigenvalue weighted by Crippen LogP contribution is -2.27. The molecule has 0 bridgehead atoms. The maximum atomic E-state index is 12.8. The third-order valence-corrected chi connectivity index (χ3v) is 5.89. The molecule has 2 heterocycles. The van der Waals surface area contributed by atoms with Gasteiger partial charge >= 0.3 is 0 Å².